The van der Waals surface area contributed by atoms with Gasteiger partial charge in [0, 0.05) is 19.0 Å². The van der Waals surface area contributed by atoms with E-state index in [4.69, 9.17) is 14.5 Å². The molecule has 3 unspecified atom stereocenters. The molecule has 3 aromatic carbocycles. The van der Waals surface area contributed by atoms with Gasteiger partial charge in [0.15, 0.2) is 0 Å². The number of nitrogens with zero attached hydrogens (tertiary/aromatic N) is 5. The van der Waals surface area contributed by atoms with Crippen molar-refractivity contribution in [2.24, 2.45) is 21.2 Å². The molecule has 0 spiro atoms. The zero-order chi connectivity index (χ0) is 44.5. The third-order valence-electron chi connectivity index (χ3n) is 11.9. The van der Waals surface area contributed by atoms with Crippen LogP contribution in [-0.2, 0) is 34.6 Å². The normalized spacial score (nSPS) is 20.0. The Hall–Kier alpha value is -6.36. The van der Waals surface area contributed by atoms with Crippen molar-refractivity contribution in [3.05, 3.63) is 78.8 Å². The first kappa shape index (κ1) is 43.7. The summed E-state index contributed by atoms with van der Waals surface area (Å²) >= 11 is 0. The summed E-state index contributed by atoms with van der Waals surface area (Å²) in [5.74, 6) is -0.346. The Labute approximate surface area is 361 Å². The lowest BCUT2D eigenvalue weighted by atomic mass is 9.96. The molecule has 0 radical (unpaired) electrons. The number of amidine groups is 1. The number of alkyl carbamates (subject to hydrolysis) is 1. The maximum atomic E-state index is 13.7. The third kappa shape index (κ3) is 8.58. The van der Waals surface area contributed by atoms with Gasteiger partial charge in [-0.25, -0.2) is 14.6 Å². The monoisotopic (exact) mass is 864 g/mol. The topological polar surface area (TPSA) is 205 Å². The fourth-order valence-electron chi connectivity index (χ4n) is 8.39. The number of rotatable bonds is 10. The van der Waals surface area contributed by atoms with Crippen LogP contribution in [0.2, 0.25) is 0 Å². The number of aliphatic imine (C=N–C) groups is 1. The summed E-state index contributed by atoms with van der Waals surface area (Å²) in [5, 5.41) is 5.84. The van der Waals surface area contributed by atoms with E-state index in [9.17, 15) is 27.6 Å². The molecule has 2 saturated heterocycles. The van der Waals surface area contributed by atoms with Gasteiger partial charge in [0.05, 0.1) is 43.4 Å². The number of sulfonamides is 1. The number of hydrogen-bond acceptors (Lipinski definition) is 10. The molecule has 326 valence electrons. The van der Waals surface area contributed by atoms with E-state index in [1.165, 1.54) is 20.3 Å². The highest BCUT2D eigenvalue weighted by Crippen LogP contribution is 2.39. The second-order valence-corrected chi connectivity index (χ2v) is 18.2. The number of nitrogens with one attached hydrogen (secondary N) is 3. The van der Waals surface area contributed by atoms with E-state index in [0.29, 0.717) is 43.9 Å². The summed E-state index contributed by atoms with van der Waals surface area (Å²) in [6, 6.07) is 19.6. The van der Waals surface area contributed by atoms with Crippen LogP contribution in [0.5, 0.6) is 0 Å². The number of carbonyl (C=O) groups excluding carboxylic acids is 4. The molecule has 16 nitrogen and oxygen atoms in total. The first-order chi connectivity index (χ1) is 29.5. The van der Waals surface area contributed by atoms with Crippen molar-refractivity contribution in [3.8, 4) is 33.5 Å². The number of methoxy groups -OCH3 is 2. The lowest BCUT2D eigenvalue weighted by Crippen LogP contribution is -2.54. The minimum atomic E-state index is -4.07. The summed E-state index contributed by atoms with van der Waals surface area (Å²) in [7, 11) is -1.60. The van der Waals surface area contributed by atoms with E-state index >= 15 is 0 Å². The number of anilines is 1. The van der Waals surface area contributed by atoms with E-state index < -0.39 is 39.8 Å². The van der Waals surface area contributed by atoms with E-state index in [1.807, 2.05) is 83.1 Å². The SMILES string of the molecule is COC(=O)N=C(C(=O)N1CCCC1(C)c1ncc(-c2ccc(-c3ccc(-c4ccc5c(c4)NC(C4CCCN4C(=O)C(NC(=O)OC)C(C)C)=NS5(=O)=O)cc3)cc2)[nH]1)C(C)C. The van der Waals surface area contributed by atoms with Crippen LogP contribution in [0.1, 0.15) is 66.1 Å². The lowest BCUT2D eigenvalue weighted by molar-refractivity contribution is -0.134. The minimum absolute atomic E-state index is 0.0444. The van der Waals surface area contributed by atoms with Gasteiger partial charge in [-0.15, -0.1) is 4.40 Å². The van der Waals surface area contributed by atoms with Gasteiger partial charge in [0.2, 0.25) is 5.91 Å². The molecule has 0 bridgehead atoms. The first-order valence-corrected chi connectivity index (χ1v) is 22.1. The Morgan fingerprint density at radius 1 is 0.871 bits per heavy atom. The third-order valence-corrected chi connectivity index (χ3v) is 13.2. The molecule has 3 aliphatic rings. The van der Waals surface area contributed by atoms with Crippen LogP contribution in [-0.4, -0.2) is 103 Å². The lowest BCUT2D eigenvalue weighted by Gasteiger charge is -2.34. The summed E-state index contributed by atoms with van der Waals surface area (Å²) in [6.45, 7) is 10.1. The van der Waals surface area contributed by atoms with Crippen LogP contribution in [0.4, 0.5) is 15.3 Å². The van der Waals surface area contributed by atoms with E-state index in [0.717, 1.165) is 39.9 Å². The zero-order valence-corrected chi connectivity index (χ0v) is 36.7. The van der Waals surface area contributed by atoms with Gasteiger partial charge in [-0.2, -0.15) is 13.4 Å². The van der Waals surface area contributed by atoms with Crippen LogP contribution in [0.3, 0.4) is 0 Å². The molecule has 7 rings (SSSR count). The highest BCUT2D eigenvalue weighted by Gasteiger charge is 2.45. The van der Waals surface area contributed by atoms with Crippen LogP contribution in [0, 0.1) is 11.8 Å². The number of likely N-dealkylation sites (tertiary alicyclic amines) is 2. The van der Waals surface area contributed by atoms with Gasteiger partial charge >= 0.3 is 12.2 Å². The zero-order valence-electron chi connectivity index (χ0n) is 35.9. The quantitative estimate of drug-likeness (QED) is 0.139. The number of ether oxygens (including phenoxy) is 2. The number of carbonyl (C=O) groups is 4. The number of H-pyrrole nitrogens is 1. The second kappa shape index (κ2) is 17.6. The number of hydrogen-bond donors (Lipinski definition) is 3. The molecule has 4 heterocycles. The first-order valence-electron chi connectivity index (χ1n) is 20.7. The van der Waals surface area contributed by atoms with Gasteiger partial charge in [-0.3, -0.25) is 9.59 Å². The van der Waals surface area contributed by atoms with Gasteiger partial charge in [0.25, 0.3) is 15.9 Å². The highest BCUT2D eigenvalue weighted by molar-refractivity contribution is 7.90. The average molecular weight is 865 g/mol. The number of aromatic nitrogens is 2. The smallest absolute Gasteiger partial charge is 0.433 e. The Balaban J connectivity index is 1.05. The minimum Gasteiger partial charge on any atom is -0.453 e. The molecule has 0 aliphatic carbocycles. The number of benzene rings is 3. The molecule has 3 atom stereocenters. The van der Waals surface area contributed by atoms with Gasteiger partial charge in [0.1, 0.15) is 28.3 Å². The van der Waals surface area contributed by atoms with Crippen molar-refractivity contribution in [2.45, 2.75) is 82.8 Å². The number of amides is 4. The van der Waals surface area contributed by atoms with Crippen molar-refractivity contribution in [1.29, 1.82) is 0 Å². The fraction of sp³-hybridized carbons (Fsp3) is 0.400. The molecule has 62 heavy (non-hydrogen) atoms. The van der Waals surface area contributed by atoms with Crippen molar-refractivity contribution in [2.75, 3.05) is 32.6 Å². The Kier molecular flexibility index (Phi) is 12.4. The van der Waals surface area contributed by atoms with Gasteiger partial charge in [-0.05, 0) is 78.5 Å². The summed E-state index contributed by atoms with van der Waals surface area (Å²) < 4.78 is 40.5. The molecular formula is C45H52N8O8S. The van der Waals surface area contributed by atoms with E-state index in [1.54, 1.807) is 28.1 Å². The maximum Gasteiger partial charge on any atom is 0.433 e. The van der Waals surface area contributed by atoms with Crippen LogP contribution >= 0.6 is 0 Å². The van der Waals surface area contributed by atoms with Crippen molar-refractivity contribution in [1.82, 2.24) is 25.1 Å². The summed E-state index contributed by atoms with van der Waals surface area (Å²) in [5.41, 5.74) is 5.15. The molecule has 4 amide bonds. The van der Waals surface area contributed by atoms with Crippen molar-refractivity contribution < 1.29 is 37.1 Å². The van der Waals surface area contributed by atoms with Crippen LogP contribution in [0.25, 0.3) is 33.5 Å². The highest BCUT2D eigenvalue weighted by atomic mass is 32.2. The van der Waals surface area contributed by atoms with E-state index in [2.05, 4.69) is 25.0 Å². The van der Waals surface area contributed by atoms with Crippen molar-refractivity contribution in [3.63, 3.8) is 0 Å². The predicted molar refractivity (Wildman–Crippen MR) is 235 cm³/mol. The maximum absolute atomic E-state index is 13.7. The molecule has 17 heteroatoms. The summed E-state index contributed by atoms with van der Waals surface area (Å²) in [6.07, 6.45) is 2.86. The molecule has 3 N–H and O–H groups in total. The largest absolute Gasteiger partial charge is 0.453 e. The second-order valence-electron chi connectivity index (χ2n) is 16.6. The molecule has 3 aliphatic heterocycles. The Morgan fingerprint density at radius 3 is 2.11 bits per heavy atom. The van der Waals surface area contributed by atoms with Crippen LogP contribution < -0.4 is 10.6 Å². The summed E-state index contributed by atoms with van der Waals surface area (Å²) in [4.78, 5) is 66.9. The molecular weight excluding hydrogens is 813 g/mol. The number of imidazole rings is 1. The molecule has 2 fully saturated rings. The Bertz CT molecular complexity index is 2550. The molecule has 1 aromatic heterocycles. The standard InChI is InChI=1S/C45H52N8O8S/c1-26(2)37(49-43(56)60-6)40(54)52-22-8-10-35(52)39-47-33-24-32(19-20-36(33)62(58,59)51-39)30-13-11-28(12-14-30)29-15-17-31(18-16-29)34-25-46-42(48-34)45(5)21-9-23-53(45)41(55)38(27(3)4)50-44(57)61-7/h11-20,24-27,35,37H,8-10,21-23H2,1-7H3,(H,46,48)(H,47,51)(H,49,56). The van der Waals surface area contributed by atoms with Gasteiger partial charge in [-0.1, -0.05) is 82.3 Å². The molecule has 4 aromatic rings. The van der Waals surface area contributed by atoms with Crippen LogP contribution in [0.15, 0.2) is 87.2 Å². The average Bonchev–Trinajstić information content (AvgIpc) is 4.05. The van der Waals surface area contributed by atoms with Crippen molar-refractivity contribution >= 4 is 51.3 Å². The Morgan fingerprint density at radius 2 is 1.50 bits per heavy atom. The van der Waals surface area contributed by atoms with E-state index in [-0.39, 0.29) is 40.1 Å². The predicted octanol–water partition coefficient (Wildman–Crippen LogP) is 7.00. The fourth-order valence-corrected chi connectivity index (χ4v) is 9.54. The molecule has 0 saturated carbocycles. The number of fused-ring (bicyclic) bond motifs is 1. The van der Waals surface area contributed by atoms with Gasteiger partial charge < -0.3 is 34.9 Å². The number of aromatic amines is 1.